The number of methoxy groups -OCH3 is 1. The summed E-state index contributed by atoms with van der Waals surface area (Å²) in [5, 5.41) is 2.57. The van der Waals surface area contributed by atoms with Crippen molar-refractivity contribution >= 4 is 23.4 Å². The van der Waals surface area contributed by atoms with Crippen molar-refractivity contribution in [3.63, 3.8) is 0 Å². The van der Waals surface area contributed by atoms with E-state index in [2.05, 4.69) is 17.2 Å². The Morgan fingerprint density at radius 2 is 1.86 bits per heavy atom. The van der Waals surface area contributed by atoms with Crippen LogP contribution in [0.5, 0.6) is 0 Å². The summed E-state index contributed by atoms with van der Waals surface area (Å²) < 4.78 is 5.47. The maximum atomic E-state index is 13.0. The maximum Gasteiger partial charge on any atom is 0.313 e. The second kappa shape index (κ2) is 9.35. The number of hydrogen-bond donors (Lipinski definition) is 2. The van der Waals surface area contributed by atoms with E-state index in [1.54, 1.807) is 12.0 Å². The first-order valence-electron chi connectivity index (χ1n) is 10.3. The monoisotopic (exact) mass is 402 g/mol. The van der Waals surface area contributed by atoms with E-state index >= 15 is 0 Å². The number of likely N-dealkylation sites (tertiary alicyclic amines) is 1. The molecule has 29 heavy (non-hydrogen) atoms. The van der Waals surface area contributed by atoms with E-state index in [9.17, 15) is 14.4 Å². The Hall–Kier alpha value is -2.48. The molecule has 1 unspecified atom stereocenters. The molecule has 3 rings (SSSR count). The lowest BCUT2D eigenvalue weighted by molar-refractivity contribution is -0.148. The number of anilines is 1. The molecule has 2 fully saturated rings. The molecule has 1 aliphatic carbocycles. The first kappa shape index (κ1) is 21.2. The van der Waals surface area contributed by atoms with Gasteiger partial charge in [-0.1, -0.05) is 6.92 Å². The minimum Gasteiger partial charge on any atom is -0.381 e. The smallest absolute Gasteiger partial charge is 0.313 e. The molecule has 0 aromatic carbocycles. The molecule has 8 nitrogen and oxygen atoms in total. The lowest BCUT2D eigenvalue weighted by Crippen LogP contribution is -2.53. The molecule has 1 aromatic rings. The average molecular weight is 402 g/mol. The molecular weight excluding hydrogens is 372 g/mol. The minimum absolute atomic E-state index is 0.0809. The van der Waals surface area contributed by atoms with Gasteiger partial charge in [-0.05, 0) is 56.4 Å². The molecule has 1 saturated carbocycles. The van der Waals surface area contributed by atoms with Crippen molar-refractivity contribution in [3.05, 3.63) is 24.0 Å². The van der Waals surface area contributed by atoms with Gasteiger partial charge in [0.25, 0.3) is 0 Å². The van der Waals surface area contributed by atoms with Crippen molar-refractivity contribution in [2.24, 2.45) is 17.6 Å². The number of primary amides is 1. The largest absolute Gasteiger partial charge is 0.381 e. The summed E-state index contributed by atoms with van der Waals surface area (Å²) in [5.41, 5.74) is 5.71. The van der Waals surface area contributed by atoms with Crippen LogP contribution in [0.2, 0.25) is 0 Å². The third kappa shape index (κ3) is 5.12. The van der Waals surface area contributed by atoms with Gasteiger partial charge in [0.2, 0.25) is 5.91 Å². The minimum atomic E-state index is -0.710. The highest BCUT2D eigenvalue weighted by molar-refractivity contribution is 6.39. The summed E-state index contributed by atoms with van der Waals surface area (Å²) in [6.07, 6.45) is 8.98. The van der Waals surface area contributed by atoms with E-state index in [1.807, 2.05) is 0 Å². The predicted octanol–water partition coefficient (Wildman–Crippen LogP) is 1.95. The van der Waals surface area contributed by atoms with Crippen LogP contribution in [0.25, 0.3) is 0 Å². The zero-order chi connectivity index (χ0) is 21.0. The second-order valence-corrected chi connectivity index (χ2v) is 8.26. The van der Waals surface area contributed by atoms with Gasteiger partial charge in [-0.2, -0.15) is 0 Å². The van der Waals surface area contributed by atoms with Crippen LogP contribution >= 0.6 is 0 Å². The van der Waals surface area contributed by atoms with Crippen molar-refractivity contribution in [3.8, 4) is 0 Å². The zero-order valence-corrected chi connectivity index (χ0v) is 17.1. The Bertz CT molecular complexity index is 761. The van der Waals surface area contributed by atoms with E-state index < -0.39 is 17.7 Å². The molecule has 1 aromatic heterocycles. The summed E-state index contributed by atoms with van der Waals surface area (Å²) in [6, 6.07) is 1.50. The van der Waals surface area contributed by atoms with Gasteiger partial charge in [-0.15, -0.1) is 0 Å². The summed E-state index contributed by atoms with van der Waals surface area (Å²) in [4.78, 5) is 42.6. The molecule has 3 amide bonds. The fourth-order valence-corrected chi connectivity index (χ4v) is 4.56. The number of hydrogen-bond acceptors (Lipinski definition) is 5. The first-order valence-corrected chi connectivity index (χ1v) is 10.3. The van der Waals surface area contributed by atoms with Crippen LogP contribution in [-0.4, -0.2) is 53.4 Å². The molecule has 3 N–H and O–H groups in total. The number of carbonyl (C=O) groups excluding carboxylic acids is 3. The quantitative estimate of drug-likeness (QED) is 0.747. The number of nitrogens with zero attached hydrogens (tertiary/aromatic N) is 2. The van der Waals surface area contributed by atoms with Crippen LogP contribution in [0.1, 0.15) is 55.8 Å². The number of nitrogens with one attached hydrogen (secondary N) is 1. The van der Waals surface area contributed by atoms with Crippen molar-refractivity contribution in [1.82, 2.24) is 9.88 Å². The first-order chi connectivity index (χ1) is 13.9. The molecule has 1 aliphatic heterocycles. The van der Waals surface area contributed by atoms with Gasteiger partial charge < -0.3 is 20.7 Å². The lowest BCUT2D eigenvalue weighted by atomic mass is 9.77. The van der Waals surface area contributed by atoms with Crippen LogP contribution < -0.4 is 11.1 Å². The number of ether oxygens (including phenoxy) is 1. The van der Waals surface area contributed by atoms with Crippen LogP contribution in [-0.2, 0) is 14.3 Å². The topological polar surface area (TPSA) is 115 Å². The summed E-state index contributed by atoms with van der Waals surface area (Å²) >= 11 is 0. The molecule has 158 valence electrons. The van der Waals surface area contributed by atoms with Crippen molar-refractivity contribution < 1.29 is 19.1 Å². The standard InChI is InChI=1S/C21H30N4O4/c1-13-3-8-18(14-4-6-17(29-2)7-5-14)25(12-13)21(28)20(27)24-16-9-15(19(22)26)10-23-11-16/h9-11,13-14,17-18H,3-8,12H2,1-2H3,(H2,22,26)(H,24,27)/t13-,14?,17?,18?/m1/s1. The highest BCUT2D eigenvalue weighted by atomic mass is 16.5. The number of rotatable bonds is 4. The second-order valence-electron chi connectivity index (χ2n) is 8.26. The zero-order valence-electron chi connectivity index (χ0n) is 17.1. The highest BCUT2D eigenvalue weighted by Gasteiger charge is 2.38. The lowest BCUT2D eigenvalue weighted by Gasteiger charge is -2.44. The summed E-state index contributed by atoms with van der Waals surface area (Å²) in [7, 11) is 1.75. The van der Waals surface area contributed by atoms with E-state index in [1.165, 1.54) is 18.5 Å². The molecule has 8 heteroatoms. The summed E-state index contributed by atoms with van der Waals surface area (Å²) in [5.74, 6) is -1.13. The molecule has 2 aliphatic rings. The van der Waals surface area contributed by atoms with Crippen LogP contribution in [0.3, 0.4) is 0 Å². The summed E-state index contributed by atoms with van der Waals surface area (Å²) in [6.45, 7) is 2.69. The molecule has 0 radical (unpaired) electrons. The van der Waals surface area contributed by atoms with Gasteiger partial charge in [0, 0.05) is 25.9 Å². The number of amides is 3. The fraction of sp³-hybridized carbons (Fsp3) is 0.619. The molecule has 2 heterocycles. The third-order valence-corrected chi connectivity index (χ3v) is 6.20. The highest BCUT2D eigenvalue weighted by Crippen LogP contribution is 2.36. The number of pyridine rings is 1. The van der Waals surface area contributed by atoms with E-state index in [0.29, 0.717) is 24.5 Å². The van der Waals surface area contributed by atoms with E-state index in [4.69, 9.17) is 10.5 Å². The van der Waals surface area contributed by atoms with Gasteiger partial charge in [0.05, 0.1) is 23.6 Å². The van der Waals surface area contributed by atoms with Crippen molar-refractivity contribution in [2.75, 3.05) is 19.0 Å². The molecule has 0 bridgehead atoms. The number of aromatic nitrogens is 1. The Balaban J connectivity index is 1.69. The normalized spacial score (nSPS) is 27.3. The van der Waals surface area contributed by atoms with E-state index in [0.717, 1.165) is 38.5 Å². The molecular formula is C21H30N4O4. The van der Waals surface area contributed by atoms with Crippen LogP contribution in [0.4, 0.5) is 5.69 Å². The van der Waals surface area contributed by atoms with Gasteiger partial charge in [0.15, 0.2) is 0 Å². The fourth-order valence-electron chi connectivity index (χ4n) is 4.56. The Morgan fingerprint density at radius 3 is 2.52 bits per heavy atom. The third-order valence-electron chi connectivity index (χ3n) is 6.20. The van der Waals surface area contributed by atoms with Crippen molar-refractivity contribution in [1.29, 1.82) is 0 Å². The van der Waals surface area contributed by atoms with Crippen LogP contribution in [0, 0.1) is 11.8 Å². The molecule has 2 atom stereocenters. The Labute approximate surface area is 171 Å². The molecule has 1 saturated heterocycles. The van der Waals surface area contributed by atoms with Crippen molar-refractivity contribution in [2.45, 2.75) is 57.6 Å². The molecule has 0 spiro atoms. The number of piperidine rings is 1. The SMILES string of the molecule is COC1CCC(C2CC[C@@H](C)CN2C(=O)C(=O)Nc2cncc(C(N)=O)c2)CC1. The van der Waals surface area contributed by atoms with E-state index in [-0.39, 0.29) is 17.3 Å². The van der Waals surface area contributed by atoms with Gasteiger partial charge in [-0.3, -0.25) is 19.4 Å². The maximum absolute atomic E-state index is 13.0. The van der Waals surface area contributed by atoms with Gasteiger partial charge >= 0.3 is 11.8 Å². The Morgan fingerprint density at radius 1 is 1.14 bits per heavy atom. The number of nitrogens with two attached hydrogens (primary N) is 1. The Kier molecular flexibility index (Phi) is 6.84. The predicted molar refractivity (Wildman–Crippen MR) is 108 cm³/mol. The van der Waals surface area contributed by atoms with Gasteiger partial charge in [-0.25, -0.2) is 0 Å². The average Bonchev–Trinajstić information content (AvgIpc) is 2.73. The number of carbonyl (C=O) groups is 3. The van der Waals surface area contributed by atoms with Crippen LogP contribution in [0.15, 0.2) is 18.5 Å². The van der Waals surface area contributed by atoms with Gasteiger partial charge in [0.1, 0.15) is 0 Å².